The first-order valence-electron chi connectivity index (χ1n) is 5.74. The van der Waals surface area contributed by atoms with Crippen LogP contribution in [0.3, 0.4) is 0 Å². The molecule has 1 fully saturated rings. The van der Waals surface area contributed by atoms with Gasteiger partial charge in [0.1, 0.15) is 0 Å². The van der Waals surface area contributed by atoms with Crippen LogP contribution in [0.15, 0.2) is 0 Å². The summed E-state index contributed by atoms with van der Waals surface area (Å²) in [6, 6.07) is 0.0287. The first-order chi connectivity index (χ1) is 7.69. The van der Waals surface area contributed by atoms with E-state index in [4.69, 9.17) is 4.74 Å². The number of carbonyl (C=O) groups excluding carboxylic acids is 2. The molecule has 0 aromatic heterocycles. The summed E-state index contributed by atoms with van der Waals surface area (Å²) in [5.41, 5.74) is 0. The molecule has 1 unspecified atom stereocenters. The normalized spacial score (nSPS) is 19.0. The van der Waals surface area contributed by atoms with E-state index in [1.54, 1.807) is 7.11 Å². The first-order valence-corrected chi connectivity index (χ1v) is 5.74. The molecule has 0 spiro atoms. The second-order valence-corrected chi connectivity index (χ2v) is 3.96. The number of ether oxygens (including phenoxy) is 1. The summed E-state index contributed by atoms with van der Waals surface area (Å²) < 4.78 is 5.06. The van der Waals surface area contributed by atoms with E-state index < -0.39 is 0 Å². The van der Waals surface area contributed by atoms with Crippen molar-refractivity contribution in [3.05, 3.63) is 0 Å². The highest BCUT2D eigenvalue weighted by atomic mass is 16.5. The van der Waals surface area contributed by atoms with Crippen LogP contribution in [-0.4, -0.2) is 49.6 Å². The van der Waals surface area contributed by atoms with Gasteiger partial charge < -0.3 is 10.1 Å². The highest BCUT2D eigenvalue weighted by Crippen LogP contribution is 2.12. The Hall–Kier alpha value is -0.940. The zero-order valence-electron chi connectivity index (χ0n) is 9.99. The molecule has 1 heterocycles. The monoisotopic (exact) mass is 228 g/mol. The quantitative estimate of drug-likeness (QED) is 0.657. The van der Waals surface area contributed by atoms with Gasteiger partial charge in [-0.2, -0.15) is 0 Å². The number of nitrogens with one attached hydrogen (secondary N) is 1. The van der Waals surface area contributed by atoms with E-state index in [2.05, 4.69) is 5.32 Å². The van der Waals surface area contributed by atoms with Crippen molar-refractivity contribution in [3.63, 3.8) is 0 Å². The molecule has 1 N–H and O–H groups in total. The van der Waals surface area contributed by atoms with E-state index >= 15 is 0 Å². The molecule has 92 valence electrons. The molecular weight excluding hydrogens is 208 g/mol. The van der Waals surface area contributed by atoms with Gasteiger partial charge in [0.15, 0.2) is 0 Å². The molecule has 0 saturated carbocycles. The van der Waals surface area contributed by atoms with Crippen LogP contribution in [0.2, 0.25) is 0 Å². The molecule has 0 aliphatic carbocycles. The van der Waals surface area contributed by atoms with Gasteiger partial charge in [0.25, 0.3) is 0 Å². The van der Waals surface area contributed by atoms with Crippen molar-refractivity contribution < 1.29 is 14.3 Å². The third-order valence-corrected chi connectivity index (χ3v) is 2.65. The smallest absolute Gasteiger partial charge is 0.229 e. The summed E-state index contributed by atoms with van der Waals surface area (Å²) in [7, 11) is 1.62. The van der Waals surface area contributed by atoms with Gasteiger partial charge in [0, 0.05) is 32.5 Å². The third kappa shape index (κ3) is 3.57. The van der Waals surface area contributed by atoms with Gasteiger partial charge in [0.05, 0.1) is 6.61 Å². The molecule has 2 amide bonds. The Morgan fingerprint density at radius 2 is 2.00 bits per heavy atom. The van der Waals surface area contributed by atoms with E-state index in [0.717, 1.165) is 6.54 Å². The lowest BCUT2D eigenvalue weighted by molar-refractivity contribution is -0.148. The lowest BCUT2D eigenvalue weighted by Crippen LogP contribution is -2.49. The van der Waals surface area contributed by atoms with Crippen LogP contribution in [0, 0.1) is 0 Å². The number of amides is 2. The number of hydrogen-bond acceptors (Lipinski definition) is 4. The topological polar surface area (TPSA) is 58.6 Å². The summed E-state index contributed by atoms with van der Waals surface area (Å²) in [4.78, 5) is 24.5. The van der Waals surface area contributed by atoms with Crippen molar-refractivity contribution in [3.8, 4) is 0 Å². The van der Waals surface area contributed by atoms with Gasteiger partial charge in [-0.25, -0.2) is 0 Å². The molecule has 5 heteroatoms. The summed E-state index contributed by atoms with van der Waals surface area (Å²) in [6.45, 7) is 3.71. The fourth-order valence-electron chi connectivity index (χ4n) is 1.89. The summed E-state index contributed by atoms with van der Waals surface area (Å²) >= 11 is 0. The maximum Gasteiger partial charge on any atom is 0.229 e. The standard InChI is InChI=1S/C11H20N2O3/c1-3-12-9(8-16-2)7-13-10(14)5-4-6-11(13)15/h9,12H,3-8H2,1-2H3. The molecule has 0 radical (unpaired) electrons. The number of hydrogen-bond donors (Lipinski definition) is 1. The minimum absolute atomic E-state index is 0.0287. The number of piperidine rings is 1. The fraction of sp³-hybridized carbons (Fsp3) is 0.818. The van der Waals surface area contributed by atoms with Crippen molar-refractivity contribution in [2.45, 2.75) is 32.2 Å². The second kappa shape index (κ2) is 6.60. The Morgan fingerprint density at radius 1 is 1.38 bits per heavy atom. The zero-order chi connectivity index (χ0) is 12.0. The second-order valence-electron chi connectivity index (χ2n) is 3.96. The molecule has 16 heavy (non-hydrogen) atoms. The molecule has 1 saturated heterocycles. The Kier molecular flexibility index (Phi) is 5.42. The van der Waals surface area contributed by atoms with Crippen molar-refractivity contribution in [2.24, 2.45) is 0 Å². The Balaban J connectivity index is 2.53. The average molecular weight is 228 g/mol. The van der Waals surface area contributed by atoms with Crippen LogP contribution in [0.1, 0.15) is 26.2 Å². The first kappa shape index (κ1) is 13.1. The molecule has 1 rings (SSSR count). The number of nitrogens with zero attached hydrogens (tertiary/aromatic N) is 1. The average Bonchev–Trinajstić information content (AvgIpc) is 2.24. The summed E-state index contributed by atoms with van der Waals surface area (Å²) in [5.74, 6) is -0.120. The van der Waals surface area contributed by atoms with Gasteiger partial charge in [-0.15, -0.1) is 0 Å². The Labute approximate surface area is 96.1 Å². The van der Waals surface area contributed by atoms with E-state index in [0.29, 0.717) is 32.4 Å². The highest BCUT2D eigenvalue weighted by Gasteiger charge is 2.27. The maximum atomic E-state index is 11.6. The minimum Gasteiger partial charge on any atom is -0.383 e. The number of likely N-dealkylation sites (N-methyl/N-ethyl adjacent to an activating group) is 1. The van der Waals surface area contributed by atoms with Crippen molar-refractivity contribution in [2.75, 3.05) is 26.8 Å². The molecule has 0 aromatic carbocycles. The molecule has 0 bridgehead atoms. The van der Waals surface area contributed by atoms with Crippen molar-refractivity contribution in [1.29, 1.82) is 0 Å². The highest BCUT2D eigenvalue weighted by molar-refractivity contribution is 5.97. The Bertz CT molecular complexity index is 234. The van der Waals surface area contributed by atoms with Crippen LogP contribution in [0.5, 0.6) is 0 Å². The fourth-order valence-corrected chi connectivity index (χ4v) is 1.89. The molecule has 1 atom stereocenters. The zero-order valence-corrected chi connectivity index (χ0v) is 9.99. The lowest BCUT2D eigenvalue weighted by Gasteiger charge is -2.29. The largest absolute Gasteiger partial charge is 0.383 e. The van der Waals surface area contributed by atoms with Crippen LogP contribution >= 0.6 is 0 Å². The molecule has 1 aliphatic heterocycles. The van der Waals surface area contributed by atoms with Gasteiger partial charge in [-0.05, 0) is 13.0 Å². The molecule has 1 aliphatic rings. The van der Waals surface area contributed by atoms with Gasteiger partial charge in [-0.1, -0.05) is 6.92 Å². The number of methoxy groups -OCH3 is 1. The Morgan fingerprint density at radius 3 is 2.50 bits per heavy atom. The van der Waals surface area contributed by atoms with Crippen molar-refractivity contribution in [1.82, 2.24) is 10.2 Å². The predicted molar refractivity (Wildman–Crippen MR) is 59.9 cm³/mol. The van der Waals surface area contributed by atoms with Crippen LogP contribution in [0.25, 0.3) is 0 Å². The summed E-state index contributed by atoms with van der Waals surface area (Å²) in [6.07, 6.45) is 1.65. The van der Waals surface area contributed by atoms with Crippen LogP contribution in [-0.2, 0) is 14.3 Å². The van der Waals surface area contributed by atoms with Crippen LogP contribution < -0.4 is 5.32 Å². The number of rotatable bonds is 6. The predicted octanol–water partition coefficient (Wildman–Crippen LogP) is 0.150. The number of likely N-dealkylation sites (tertiary alicyclic amines) is 1. The molecule has 0 aromatic rings. The molecule has 5 nitrogen and oxygen atoms in total. The van der Waals surface area contributed by atoms with E-state index in [1.807, 2.05) is 6.92 Å². The van der Waals surface area contributed by atoms with Crippen LogP contribution in [0.4, 0.5) is 0 Å². The number of imide groups is 1. The minimum atomic E-state index is -0.0599. The number of carbonyl (C=O) groups is 2. The SMILES string of the molecule is CCNC(COC)CN1C(=O)CCCC1=O. The summed E-state index contributed by atoms with van der Waals surface area (Å²) in [5, 5.41) is 3.20. The van der Waals surface area contributed by atoms with Gasteiger partial charge >= 0.3 is 0 Å². The van der Waals surface area contributed by atoms with E-state index in [9.17, 15) is 9.59 Å². The molecular formula is C11H20N2O3. The third-order valence-electron chi connectivity index (χ3n) is 2.65. The van der Waals surface area contributed by atoms with Gasteiger partial charge in [0.2, 0.25) is 11.8 Å². The lowest BCUT2D eigenvalue weighted by atomic mass is 10.1. The van der Waals surface area contributed by atoms with E-state index in [1.165, 1.54) is 4.90 Å². The maximum absolute atomic E-state index is 11.6. The van der Waals surface area contributed by atoms with Crippen molar-refractivity contribution >= 4 is 11.8 Å². The van der Waals surface area contributed by atoms with E-state index in [-0.39, 0.29) is 17.9 Å². The van der Waals surface area contributed by atoms with Gasteiger partial charge in [-0.3, -0.25) is 14.5 Å².